The van der Waals surface area contributed by atoms with Gasteiger partial charge in [0.2, 0.25) is 0 Å². The first-order valence-corrected chi connectivity index (χ1v) is 9.87. The monoisotopic (exact) mass is 410 g/mol. The van der Waals surface area contributed by atoms with Gasteiger partial charge in [0.15, 0.2) is 5.96 Å². The number of nitrogens with zero attached hydrogens (tertiary/aromatic N) is 4. The van der Waals surface area contributed by atoms with E-state index in [0.717, 1.165) is 23.7 Å². The van der Waals surface area contributed by atoms with E-state index in [0.29, 0.717) is 31.3 Å². The molecule has 0 bridgehead atoms. The Balaban J connectivity index is 1.36. The lowest BCUT2D eigenvalue weighted by molar-refractivity contribution is 0.580. The zero-order chi connectivity index (χ0) is 20.9. The summed E-state index contributed by atoms with van der Waals surface area (Å²) in [6, 6.07) is 11.9. The van der Waals surface area contributed by atoms with Gasteiger partial charge in [-0.2, -0.15) is 0 Å². The number of hydrogen-bond donors (Lipinski definition) is 2. The molecule has 8 heteroatoms. The highest BCUT2D eigenvalue weighted by molar-refractivity contribution is 5.80. The maximum Gasteiger partial charge on any atom is 0.191 e. The maximum atomic E-state index is 14.1. The number of hydrogen-bond acceptors (Lipinski definition) is 3. The van der Waals surface area contributed by atoms with Gasteiger partial charge < -0.3 is 20.1 Å². The summed E-state index contributed by atoms with van der Waals surface area (Å²) in [5.41, 5.74) is 2.59. The predicted octanol–water partition coefficient (Wildman–Crippen LogP) is 3.09. The lowest BCUT2D eigenvalue weighted by Crippen LogP contribution is -2.44. The second-order valence-electron chi connectivity index (χ2n) is 7.20. The van der Waals surface area contributed by atoms with Crippen LogP contribution in [0.15, 0.2) is 66.2 Å². The van der Waals surface area contributed by atoms with Gasteiger partial charge in [0.1, 0.15) is 11.6 Å². The molecule has 1 aliphatic rings. The fourth-order valence-electron chi connectivity index (χ4n) is 3.72. The number of guanidine groups is 1. The number of para-hydroxylation sites is 1. The Morgan fingerprint density at radius 3 is 2.83 bits per heavy atom. The van der Waals surface area contributed by atoms with Crippen LogP contribution in [0.4, 0.5) is 14.5 Å². The molecule has 3 aromatic rings. The molecule has 1 fully saturated rings. The quantitative estimate of drug-likeness (QED) is 0.501. The Bertz CT molecular complexity index is 1020. The van der Waals surface area contributed by atoms with Gasteiger partial charge in [-0.25, -0.2) is 13.8 Å². The zero-order valence-electron chi connectivity index (χ0n) is 16.7. The molecule has 2 heterocycles. The third kappa shape index (κ3) is 4.42. The van der Waals surface area contributed by atoms with E-state index in [1.54, 1.807) is 19.6 Å². The third-order valence-electron chi connectivity index (χ3n) is 5.22. The minimum atomic E-state index is -0.564. The van der Waals surface area contributed by atoms with Crippen molar-refractivity contribution in [2.24, 2.45) is 4.99 Å². The van der Waals surface area contributed by atoms with Crippen LogP contribution in [0.5, 0.6) is 0 Å². The number of halogens is 2. The molecule has 6 nitrogen and oxygen atoms in total. The van der Waals surface area contributed by atoms with Crippen molar-refractivity contribution in [1.29, 1.82) is 0 Å². The molecule has 0 saturated carbocycles. The summed E-state index contributed by atoms with van der Waals surface area (Å²) in [6.07, 6.45) is 6.27. The molecule has 2 N–H and O–H groups in total. The van der Waals surface area contributed by atoms with Crippen LogP contribution in [0.1, 0.15) is 12.0 Å². The van der Waals surface area contributed by atoms with Gasteiger partial charge in [-0.3, -0.25) is 4.99 Å². The van der Waals surface area contributed by atoms with E-state index >= 15 is 0 Å². The first kappa shape index (κ1) is 19.9. The number of benzene rings is 2. The maximum absolute atomic E-state index is 14.1. The number of rotatable bonds is 5. The molecule has 30 heavy (non-hydrogen) atoms. The summed E-state index contributed by atoms with van der Waals surface area (Å²) in [5.74, 6) is -0.415. The van der Waals surface area contributed by atoms with Crippen LogP contribution >= 0.6 is 0 Å². The Morgan fingerprint density at radius 2 is 2.07 bits per heavy atom. The van der Waals surface area contributed by atoms with Crippen molar-refractivity contribution < 1.29 is 8.78 Å². The van der Waals surface area contributed by atoms with E-state index in [4.69, 9.17) is 0 Å². The molecule has 1 aliphatic heterocycles. The second kappa shape index (κ2) is 8.94. The molecule has 1 saturated heterocycles. The Kier molecular flexibility index (Phi) is 5.92. The van der Waals surface area contributed by atoms with E-state index in [9.17, 15) is 8.78 Å². The van der Waals surface area contributed by atoms with Crippen LogP contribution in [0.3, 0.4) is 0 Å². The van der Waals surface area contributed by atoms with Crippen molar-refractivity contribution in [1.82, 2.24) is 20.2 Å². The molecular formula is C22H24F2N6. The van der Waals surface area contributed by atoms with E-state index in [-0.39, 0.29) is 6.04 Å². The highest BCUT2D eigenvalue weighted by Crippen LogP contribution is 2.24. The Hall–Kier alpha value is -3.42. The van der Waals surface area contributed by atoms with Crippen molar-refractivity contribution in [3.63, 3.8) is 0 Å². The minimum absolute atomic E-state index is 0.115. The SMILES string of the molecule is CN=C(NCc1ccccc1-n1ccnc1)NC1CCN(c2ccc(F)cc2F)C1. The van der Waals surface area contributed by atoms with Gasteiger partial charge in [-0.1, -0.05) is 18.2 Å². The number of nitrogens with one attached hydrogen (secondary N) is 2. The molecular weight excluding hydrogens is 386 g/mol. The van der Waals surface area contributed by atoms with Gasteiger partial charge in [0.25, 0.3) is 0 Å². The number of imidazole rings is 1. The van der Waals surface area contributed by atoms with Gasteiger partial charge >= 0.3 is 0 Å². The van der Waals surface area contributed by atoms with Gasteiger partial charge in [0.05, 0.1) is 17.7 Å². The molecule has 1 aromatic heterocycles. The lowest BCUT2D eigenvalue weighted by Gasteiger charge is -2.21. The minimum Gasteiger partial charge on any atom is -0.367 e. The highest BCUT2D eigenvalue weighted by atomic mass is 19.1. The van der Waals surface area contributed by atoms with E-state index < -0.39 is 11.6 Å². The van der Waals surface area contributed by atoms with Crippen LogP contribution in [-0.4, -0.2) is 41.7 Å². The summed E-state index contributed by atoms with van der Waals surface area (Å²) in [6.45, 7) is 1.91. The lowest BCUT2D eigenvalue weighted by atomic mass is 10.1. The summed E-state index contributed by atoms with van der Waals surface area (Å²) in [4.78, 5) is 10.4. The van der Waals surface area contributed by atoms with Crippen molar-refractivity contribution in [2.75, 3.05) is 25.0 Å². The average molecular weight is 410 g/mol. The first-order chi connectivity index (χ1) is 14.6. The fraction of sp³-hybridized carbons (Fsp3) is 0.273. The summed E-state index contributed by atoms with van der Waals surface area (Å²) >= 11 is 0. The number of aromatic nitrogens is 2. The van der Waals surface area contributed by atoms with Crippen LogP contribution < -0.4 is 15.5 Å². The van der Waals surface area contributed by atoms with E-state index in [2.05, 4.69) is 26.7 Å². The molecule has 1 atom stereocenters. The molecule has 1 unspecified atom stereocenters. The Morgan fingerprint density at radius 1 is 1.20 bits per heavy atom. The molecule has 0 aliphatic carbocycles. The summed E-state index contributed by atoms with van der Waals surface area (Å²) < 4.78 is 29.2. The molecule has 0 radical (unpaired) electrons. The van der Waals surface area contributed by atoms with Crippen molar-refractivity contribution in [3.05, 3.63) is 78.4 Å². The smallest absolute Gasteiger partial charge is 0.191 e. The largest absolute Gasteiger partial charge is 0.367 e. The van der Waals surface area contributed by atoms with Gasteiger partial charge in [0, 0.05) is 51.2 Å². The van der Waals surface area contributed by atoms with Crippen molar-refractivity contribution >= 4 is 11.6 Å². The van der Waals surface area contributed by atoms with Crippen molar-refractivity contribution in [3.8, 4) is 5.69 Å². The topological polar surface area (TPSA) is 57.5 Å². The second-order valence-corrected chi connectivity index (χ2v) is 7.20. The van der Waals surface area contributed by atoms with E-state index in [1.165, 1.54) is 12.1 Å². The van der Waals surface area contributed by atoms with Crippen molar-refractivity contribution in [2.45, 2.75) is 19.0 Å². The normalized spacial score (nSPS) is 16.7. The van der Waals surface area contributed by atoms with E-state index in [1.807, 2.05) is 33.9 Å². The molecule has 156 valence electrons. The summed E-state index contributed by atoms with van der Waals surface area (Å²) in [5, 5.41) is 6.75. The van der Waals surface area contributed by atoms with Crippen LogP contribution in [0.25, 0.3) is 5.69 Å². The molecule has 0 spiro atoms. The average Bonchev–Trinajstić information content (AvgIpc) is 3.44. The first-order valence-electron chi connectivity index (χ1n) is 9.87. The predicted molar refractivity (Wildman–Crippen MR) is 114 cm³/mol. The molecule has 2 aromatic carbocycles. The molecule has 4 rings (SSSR count). The zero-order valence-corrected chi connectivity index (χ0v) is 16.7. The number of anilines is 1. The van der Waals surface area contributed by atoms with Crippen LogP contribution in [-0.2, 0) is 6.54 Å². The standard InChI is InChI=1S/C22H24F2N6/c1-25-22(27-13-16-4-2-3-5-20(16)30-11-9-26-15-30)28-18-8-10-29(14-18)21-7-6-17(23)12-19(21)24/h2-7,9,11-12,15,18H,8,10,13-14H2,1H3,(H2,25,27,28). The fourth-order valence-corrected chi connectivity index (χ4v) is 3.72. The van der Waals surface area contributed by atoms with Gasteiger partial charge in [-0.05, 0) is 30.2 Å². The summed E-state index contributed by atoms with van der Waals surface area (Å²) in [7, 11) is 1.73. The van der Waals surface area contributed by atoms with Crippen LogP contribution in [0.2, 0.25) is 0 Å². The van der Waals surface area contributed by atoms with Crippen LogP contribution in [0, 0.1) is 11.6 Å². The van der Waals surface area contributed by atoms with Gasteiger partial charge in [-0.15, -0.1) is 0 Å². The number of aliphatic imine (C=N–C) groups is 1. The highest BCUT2D eigenvalue weighted by Gasteiger charge is 2.25. The third-order valence-corrected chi connectivity index (χ3v) is 5.22. The molecule has 0 amide bonds. The Labute approximate surface area is 174 Å².